The van der Waals surface area contributed by atoms with Crippen LogP contribution in [0.25, 0.3) is 0 Å². The lowest BCUT2D eigenvalue weighted by Gasteiger charge is -2.38. The molecule has 0 aromatic rings. The summed E-state index contributed by atoms with van der Waals surface area (Å²) in [5.74, 6) is -0.528. The van der Waals surface area contributed by atoms with Crippen molar-refractivity contribution in [1.29, 1.82) is 0 Å². The summed E-state index contributed by atoms with van der Waals surface area (Å²) >= 11 is 0. The minimum atomic E-state index is -0.810. The van der Waals surface area contributed by atoms with Crippen molar-refractivity contribution in [2.24, 2.45) is 11.8 Å². The standard InChI is InChI=1S/C10H13NO3/c12-9-7-4-6(7)8(10(13)14)11(9)5-2-1-3-5/h5-8H,1-4H2,(H,13,14). The zero-order valence-electron chi connectivity index (χ0n) is 7.85. The highest BCUT2D eigenvalue weighted by atomic mass is 16.4. The summed E-state index contributed by atoms with van der Waals surface area (Å²) in [6.45, 7) is 0. The molecule has 1 amide bonds. The van der Waals surface area contributed by atoms with Gasteiger partial charge in [-0.2, -0.15) is 0 Å². The number of likely N-dealkylation sites (tertiary alicyclic amines) is 1. The molecular weight excluding hydrogens is 182 g/mol. The third kappa shape index (κ3) is 0.885. The molecular formula is C10H13NO3. The van der Waals surface area contributed by atoms with Crippen LogP contribution in [0.4, 0.5) is 0 Å². The maximum absolute atomic E-state index is 11.8. The number of hydrogen-bond acceptors (Lipinski definition) is 2. The summed E-state index contributed by atoms with van der Waals surface area (Å²) in [5, 5.41) is 9.07. The lowest BCUT2D eigenvalue weighted by atomic mass is 9.90. The van der Waals surface area contributed by atoms with E-state index in [0.717, 1.165) is 25.7 Å². The largest absolute Gasteiger partial charge is 0.480 e. The average Bonchev–Trinajstić information content (AvgIpc) is 2.73. The second-order valence-electron chi connectivity index (χ2n) is 4.62. The molecule has 1 saturated heterocycles. The van der Waals surface area contributed by atoms with Gasteiger partial charge in [0.25, 0.3) is 0 Å². The summed E-state index contributed by atoms with van der Waals surface area (Å²) in [7, 11) is 0. The van der Waals surface area contributed by atoms with Gasteiger partial charge in [0.05, 0.1) is 0 Å². The second kappa shape index (κ2) is 2.49. The van der Waals surface area contributed by atoms with Crippen LogP contribution in [0.5, 0.6) is 0 Å². The number of carbonyl (C=O) groups is 2. The van der Waals surface area contributed by atoms with Crippen molar-refractivity contribution >= 4 is 11.9 Å². The molecule has 0 aromatic carbocycles. The molecule has 4 nitrogen and oxygen atoms in total. The predicted molar refractivity (Wildman–Crippen MR) is 47.5 cm³/mol. The smallest absolute Gasteiger partial charge is 0.326 e. The molecule has 3 fully saturated rings. The van der Waals surface area contributed by atoms with Crippen LogP contribution in [-0.2, 0) is 9.59 Å². The number of nitrogens with zero attached hydrogens (tertiary/aromatic N) is 1. The Kier molecular flexibility index (Phi) is 1.47. The van der Waals surface area contributed by atoms with Crippen LogP contribution in [0, 0.1) is 11.8 Å². The maximum atomic E-state index is 11.8. The molecule has 3 atom stereocenters. The first-order valence-corrected chi connectivity index (χ1v) is 5.25. The Labute approximate surface area is 81.9 Å². The van der Waals surface area contributed by atoms with Crippen LogP contribution in [0.1, 0.15) is 25.7 Å². The number of fused-ring (bicyclic) bond motifs is 1. The number of aliphatic carboxylic acids is 1. The second-order valence-corrected chi connectivity index (χ2v) is 4.62. The minimum absolute atomic E-state index is 0.0525. The fraction of sp³-hybridized carbons (Fsp3) is 0.800. The Morgan fingerprint density at radius 2 is 2.14 bits per heavy atom. The summed E-state index contributed by atoms with van der Waals surface area (Å²) < 4.78 is 0. The summed E-state index contributed by atoms with van der Waals surface area (Å²) in [6, 6.07) is -0.269. The molecule has 76 valence electrons. The lowest BCUT2D eigenvalue weighted by Crippen LogP contribution is -2.50. The molecule has 3 rings (SSSR count). The number of carbonyl (C=O) groups excluding carboxylic acids is 1. The molecule has 1 N–H and O–H groups in total. The van der Waals surface area contributed by atoms with Crippen molar-refractivity contribution in [2.75, 3.05) is 0 Å². The van der Waals surface area contributed by atoms with Crippen molar-refractivity contribution in [3.8, 4) is 0 Å². The molecule has 2 saturated carbocycles. The summed E-state index contributed by atoms with van der Waals surface area (Å²) in [4.78, 5) is 24.5. The number of hydrogen-bond donors (Lipinski definition) is 1. The highest BCUT2D eigenvalue weighted by Crippen LogP contribution is 2.52. The zero-order valence-corrected chi connectivity index (χ0v) is 7.85. The fourth-order valence-electron chi connectivity index (χ4n) is 2.76. The van der Waals surface area contributed by atoms with Gasteiger partial charge in [-0.25, -0.2) is 4.79 Å². The first-order valence-electron chi connectivity index (χ1n) is 5.25. The minimum Gasteiger partial charge on any atom is -0.480 e. The van der Waals surface area contributed by atoms with Gasteiger partial charge in [-0.15, -0.1) is 0 Å². The highest BCUT2D eigenvalue weighted by Gasteiger charge is 2.62. The Morgan fingerprint density at radius 3 is 2.64 bits per heavy atom. The van der Waals surface area contributed by atoms with Gasteiger partial charge in [-0.3, -0.25) is 4.79 Å². The quantitative estimate of drug-likeness (QED) is 0.696. The van der Waals surface area contributed by atoms with Gasteiger partial charge in [-0.1, -0.05) is 0 Å². The van der Waals surface area contributed by atoms with Gasteiger partial charge in [0.1, 0.15) is 6.04 Å². The van der Waals surface area contributed by atoms with E-state index in [0.29, 0.717) is 0 Å². The highest BCUT2D eigenvalue weighted by molar-refractivity contribution is 5.93. The summed E-state index contributed by atoms with van der Waals surface area (Å²) in [6.07, 6.45) is 3.93. The molecule has 1 aliphatic heterocycles. The Bertz CT molecular complexity index is 310. The molecule has 0 aromatic heterocycles. The van der Waals surface area contributed by atoms with Crippen LogP contribution in [-0.4, -0.2) is 34.0 Å². The van der Waals surface area contributed by atoms with Crippen molar-refractivity contribution in [2.45, 2.75) is 37.8 Å². The lowest BCUT2D eigenvalue weighted by molar-refractivity contribution is -0.151. The van der Waals surface area contributed by atoms with Gasteiger partial charge < -0.3 is 10.0 Å². The molecule has 1 heterocycles. The van der Waals surface area contributed by atoms with Crippen molar-refractivity contribution < 1.29 is 14.7 Å². The molecule has 14 heavy (non-hydrogen) atoms. The van der Waals surface area contributed by atoms with Crippen LogP contribution >= 0.6 is 0 Å². The Balaban J connectivity index is 1.86. The monoisotopic (exact) mass is 195 g/mol. The van der Waals surface area contributed by atoms with Gasteiger partial charge in [0, 0.05) is 17.9 Å². The van der Waals surface area contributed by atoms with Crippen LogP contribution in [0.3, 0.4) is 0 Å². The van der Waals surface area contributed by atoms with Crippen LogP contribution < -0.4 is 0 Å². The number of piperidine rings is 1. The van der Waals surface area contributed by atoms with Gasteiger partial charge >= 0.3 is 5.97 Å². The van der Waals surface area contributed by atoms with E-state index in [1.165, 1.54) is 0 Å². The van der Waals surface area contributed by atoms with E-state index in [2.05, 4.69) is 0 Å². The molecule has 3 aliphatic rings. The molecule has 0 radical (unpaired) electrons. The third-order valence-corrected chi connectivity index (χ3v) is 3.84. The third-order valence-electron chi connectivity index (χ3n) is 3.84. The number of carboxylic acids is 1. The average molecular weight is 195 g/mol. The van der Waals surface area contributed by atoms with E-state index in [1.54, 1.807) is 4.90 Å². The van der Waals surface area contributed by atoms with Gasteiger partial charge in [0.2, 0.25) is 5.91 Å². The topological polar surface area (TPSA) is 57.6 Å². The number of rotatable bonds is 2. The predicted octanol–water partition coefficient (Wildman–Crippen LogP) is 0.470. The van der Waals surface area contributed by atoms with E-state index >= 15 is 0 Å². The normalized spacial score (nSPS) is 40.7. The van der Waals surface area contributed by atoms with E-state index in [1.807, 2.05) is 0 Å². The van der Waals surface area contributed by atoms with Crippen molar-refractivity contribution in [3.63, 3.8) is 0 Å². The SMILES string of the molecule is O=C(O)C1C2CC2C(=O)N1C1CCC1. The van der Waals surface area contributed by atoms with Crippen LogP contribution in [0.2, 0.25) is 0 Å². The zero-order chi connectivity index (χ0) is 9.87. The van der Waals surface area contributed by atoms with E-state index in [4.69, 9.17) is 5.11 Å². The van der Waals surface area contributed by atoms with Crippen LogP contribution in [0.15, 0.2) is 0 Å². The fourth-order valence-corrected chi connectivity index (χ4v) is 2.76. The molecule has 3 unspecified atom stereocenters. The first kappa shape index (κ1) is 8.26. The van der Waals surface area contributed by atoms with Gasteiger partial charge in [0.15, 0.2) is 0 Å². The van der Waals surface area contributed by atoms with Gasteiger partial charge in [-0.05, 0) is 25.7 Å². The number of carboxylic acid groups (broad SMARTS) is 1. The number of amides is 1. The maximum Gasteiger partial charge on any atom is 0.326 e. The molecule has 2 aliphatic carbocycles. The Hall–Kier alpha value is -1.06. The van der Waals surface area contributed by atoms with Crippen molar-refractivity contribution in [1.82, 2.24) is 4.90 Å². The molecule has 0 spiro atoms. The Morgan fingerprint density at radius 1 is 1.43 bits per heavy atom. The first-order chi connectivity index (χ1) is 6.70. The molecule has 4 heteroatoms. The van der Waals surface area contributed by atoms with E-state index < -0.39 is 12.0 Å². The molecule has 0 bridgehead atoms. The van der Waals surface area contributed by atoms with Crippen molar-refractivity contribution in [3.05, 3.63) is 0 Å². The van der Waals surface area contributed by atoms with E-state index in [9.17, 15) is 9.59 Å². The summed E-state index contributed by atoms with van der Waals surface area (Å²) in [5.41, 5.74) is 0. The van der Waals surface area contributed by atoms with E-state index in [-0.39, 0.29) is 23.8 Å².